The van der Waals surface area contributed by atoms with Crippen LogP contribution >= 0.6 is 0 Å². The van der Waals surface area contributed by atoms with Crippen molar-refractivity contribution in [3.63, 3.8) is 0 Å². The molecule has 0 aliphatic rings. The van der Waals surface area contributed by atoms with Gasteiger partial charge in [0.1, 0.15) is 0 Å². The number of nitrogens with zero attached hydrogens (tertiary/aromatic N) is 3. The van der Waals surface area contributed by atoms with Crippen molar-refractivity contribution in [3.8, 4) is 0 Å². The zero-order chi connectivity index (χ0) is 13.5. The predicted molar refractivity (Wildman–Crippen MR) is 80.9 cm³/mol. The zero-order valence-electron chi connectivity index (χ0n) is 11.2. The fourth-order valence-electron chi connectivity index (χ4n) is 1.60. The molecule has 1 heterocycles. The summed E-state index contributed by atoms with van der Waals surface area (Å²) in [5, 5.41) is 0. The molecule has 0 saturated carbocycles. The largest absolute Gasteiger partial charge is 0.378 e. The molecule has 0 atom stereocenters. The summed E-state index contributed by atoms with van der Waals surface area (Å²) in [6, 6.07) is 8.40. The van der Waals surface area contributed by atoms with Gasteiger partial charge in [-0.05, 0) is 23.8 Å². The van der Waals surface area contributed by atoms with Gasteiger partial charge in [-0.3, -0.25) is 9.97 Å². The van der Waals surface area contributed by atoms with Crippen molar-refractivity contribution in [2.45, 2.75) is 0 Å². The van der Waals surface area contributed by atoms with E-state index in [-0.39, 0.29) is 0 Å². The van der Waals surface area contributed by atoms with Gasteiger partial charge < -0.3 is 4.90 Å². The van der Waals surface area contributed by atoms with Crippen LogP contribution in [0, 0.1) is 0 Å². The third kappa shape index (κ3) is 4.07. The third-order valence-electron chi connectivity index (χ3n) is 2.66. The lowest BCUT2D eigenvalue weighted by Crippen LogP contribution is -2.07. The molecular weight excluding hydrogens is 234 g/mol. The Balaban J connectivity index is 1.97. The minimum absolute atomic E-state index is 0.857. The molecule has 0 bridgehead atoms. The number of rotatable bonds is 4. The van der Waals surface area contributed by atoms with Crippen LogP contribution < -0.4 is 4.90 Å². The SMILES string of the molecule is CN(C)c1ccc(/C=C/C=C/c2cnccn2)cc1. The number of allylic oxidation sites excluding steroid dienone is 2. The van der Waals surface area contributed by atoms with E-state index in [1.807, 2.05) is 32.3 Å². The normalized spacial score (nSPS) is 11.3. The maximum absolute atomic E-state index is 4.17. The van der Waals surface area contributed by atoms with Crippen molar-refractivity contribution in [2.75, 3.05) is 19.0 Å². The average molecular weight is 251 g/mol. The van der Waals surface area contributed by atoms with Gasteiger partial charge in [-0.25, -0.2) is 0 Å². The second-order valence-corrected chi connectivity index (χ2v) is 4.33. The van der Waals surface area contributed by atoms with E-state index >= 15 is 0 Å². The van der Waals surface area contributed by atoms with Crippen molar-refractivity contribution in [3.05, 3.63) is 66.3 Å². The summed E-state index contributed by atoms with van der Waals surface area (Å²) < 4.78 is 0. The summed E-state index contributed by atoms with van der Waals surface area (Å²) in [4.78, 5) is 10.3. The minimum atomic E-state index is 0.857. The molecule has 0 saturated heterocycles. The first-order chi connectivity index (χ1) is 9.25. The van der Waals surface area contributed by atoms with Crippen molar-refractivity contribution >= 4 is 17.8 Å². The second kappa shape index (κ2) is 6.50. The van der Waals surface area contributed by atoms with Gasteiger partial charge in [0.2, 0.25) is 0 Å². The summed E-state index contributed by atoms with van der Waals surface area (Å²) in [6.45, 7) is 0. The van der Waals surface area contributed by atoms with Gasteiger partial charge in [0, 0.05) is 32.2 Å². The van der Waals surface area contributed by atoms with E-state index in [0.717, 1.165) is 5.69 Å². The summed E-state index contributed by atoms with van der Waals surface area (Å²) >= 11 is 0. The van der Waals surface area contributed by atoms with Crippen LogP contribution in [0.1, 0.15) is 11.3 Å². The summed E-state index contributed by atoms with van der Waals surface area (Å²) in [7, 11) is 4.07. The molecule has 96 valence electrons. The van der Waals surface area contributed by atoms with Gasteiger partial charge in [0.25, 0.3) is 0 Å². The Bertz CT molecular complexity index is 554. The highest BCUT2D eigenvalue weighted by Gasteiger charge is 1.92. The Labute approximate surface area is 113 Å². The van der Waals surface area contributed by atoms with Crippen LogP contribution in [0.25, 0.3) is 12.2 Å². The number of hydrogen-bond acceptors (Lipinski definition) is 3. The fraction of sp³-hybridized carbons (Fsp3) is 0.125. The topological polar surface area (TPSA) is 29.0 Å². The molecule has 0 unspecified atom stereocenters. The summed E-state index contributed by atoms with van der Waals surface area (Å²) in [5.74, 6) is 0. The first-order valence-corrected chi connectivity index (χ1v) is 6.14. The van der Waals surface area contributed by atoms with Crippen molar-refractivity contribution in [2.24, 2.45) is 0 Å². The van der Waals surface area contributed by atoms with Crippen LogP contribution in [-0.2, 0) is 0 Å². The molecule has 19 heavy (non-hydrogen) atoms. The summed E-state index contributed by atoms with van der Waals surface area (Å²) in [5.41, 5.74) is 3.23. The number of hydrogen-bond donors (Lipinski definition) is 0. The highest BCUT2D eigenvalue weighted by atomic mass is 15.1. The van der Waals surface area contributed by atoms with Crippen LogP contribution in [0.5, 0.6) is 0 Å². The third-order valence-corrected chi connectivity index (χ3v) is 2.66. The smallest absolute Gasteiger partial charge is 0.0812 e. The van der Waals surface area contributed by atoms with E-state index in [1.54, 1.807) is 18.6 Å². The number of aromatic nitrogens is 2. The number of anilines is 1. The van der Waals surface area contributed by atoms with E-state index in [0.29, 0.717) is 0 Å². The average Bonchev–Trinajstić information content (AvgIpc) is 2.45. The second-order valence-electron chi connectivity index (χ2n) is 4.33. The Kier molecular flexibility index (Phi) is 4.45. The first kappa shape index (κ1) is 13.0. The first-order valence-electron chi connectivity index (χ1n) is 6.14. The molecule has 0 aliphatic heterocycles. The van der Waals surface area contributed by atoms with E-state index in [2.05, 4.69) is 45.2 Å². The maximum Gasteiger partial charge on any atom is 0.0812 e. The van der Waals surface area contributed by atoms with Crippen LogP contribution in [0.3, 0.4) is 0 Å². The Hall–Kier alpha value is -2.42. The molecule has 3 heteroatoms. The minimum Gasteiger partial charge on any atom is -0.378 e. The van der Waals surface area contributed by atoms with E-state index in [9.17, 15) is 0 Å². The predicted octanol–water partition coefficient (Wildman–Crippen LogP) is 3.27. The molecule has 0 aliphatic carbocycles. The van der Waals surface area contributed by atoms with Crippen LogP contribution in [0.15, 0.2) is 55.0 Å². The lowest BCUT2D eigenvalue weighted by atomic mass is 10.2. The van der Waals surface area contributed by atoms with Gasteiger partial charge in [-0.1, -0.05) is 30.4 Å². The maximum atomic E-state index is 4.17. The van der Waals surface area contributed by atoms with Gasteiger partial charge in [-0.2, -0.15) is 0 Å². The lowest BCUT2D eigenvalue weighted by molar-refractivity contribution is 1.13. The molecule has 1 aromatic carbocycles. The zero-order valence-corrected chi connectivity index (χ0v) is 11.2. The quantitative estimate of drug-likeness (QED) is 0.781. The Morgan fingerprint density at radius 2 is 1.68 bits per heavy atom. The standard InChI is InChI=1S/C16H17N3/c1-19(2)16-9-7-14(8-10-16)5-3-4-6-15-13-17-11-12-18-15/h3-13H,1-2H3/b5-3+,6-4+. The fourth-order valence-corrected chi connectivity index (χ4v) is 1.60. The molecule has 0 N–H and O–H groups in total. The van der Waals surface area contributed by atoms with Crippen LogP contribution in [0.2, 0.25) is 0 Å². The van der Waals surface area contributed by atoms with E-state index in [4.69, 9.17) is 0 Å². The molecule has 0 amide bonds. The van der Waals surface area contributed by atoms with Crippen molar-refractivity contribution in [1.29, 1.82) is 0 Å². The van der Waals surface area contributed by atoms with Gasteiger partial charge in [0.05, 0.1) is 11.9 Å². The molecule has 0 radical (unpaired) electrons. The summed E-state index contributed by atoms with van der Waals surface area (Å²) in [6.07, 6.45) is 13.0. The molecule has 2 rings (SSSR count). The molecule has 1 aromatic heterocycles. The molecule has 0 spiro atoms. The molecular formula is C16H17N3. The van der Waals surface area contributed by atoms with Crippen molar-refractivity contribution < 1.29 is 0 Å². The molecule has 2 aromatic rings. The van der Waals surface area contributed by atoms with Crippen molar-refractivity contribution in [1.82, 2.24) is 9.97 Å². The highest BCUT2D eigenvalue weighted by molar-refractivity contribution is 5.58. The Morgan fingerprint density at radius 1 is 0.947 bits per heavy atom. The van der Waals surface area contributed by atoms with E-state index < -0.39 is 0 Å². The number of benzene rings is 1. The molecule has 3 nitrogen and oxygen atoms in total. The monoisotopic (exact) mass is 251 g/mol. The van der Waals surface area contributed by atoms with Gasteiger partial charge in [0.15, 0.2) is 0 Å². The molecule has 0 fully saturated rings. The van der Waals surface area contributed by atoms with Crippen LogP contribution in [-0.4, -0.2) is 24.1 Å². The lowest BCUT2D eigenvalue weighted by Gasteiger charge is -2.11. The Morgan fingerprint density at radius 3 is 2.32 bits per heavy atom. The van der Waals surface area contributed by atoms with E-state index in [1.165, 1.54) is 11.3 Å². The van der Waals surface area contributed by atoms with Crippen LogP contribution in [0.4, 0.5) is 5.69 Å². The van der Waals surface area contributed by atoms with Gasteiger partial charge >= 0.3 is 0 Å². The van der Waals surface area contributed by atoms with Gasteiger partial charge in [-0.15, -0.1) is 0 Å². The highest BCUT2D eigenvalue weighted by Crippen LogP contribution is 2.13.